The van der Waals surface area contributed by atoms with Crippen LogP contribution in [0.5, 0.6) is 0 Å². The number of amides is 1. The van der Waals surface area contributed by atoms with E-state index in [2.05, 4.69) is 5.32 Å². The predicted molar refractivity (Wildman–Crippen MR) is 80.7 cm³/mol. The normalized spacial score (nSPS) is 19.8. The van der Waals surface area contributed by atoms with E-state index in [0.717, 1.165) is 19.4 Å². The highest BCUT2D eigenvalue weighted by molar-refractivity contribution is 8.00. The Kier molecular flexibility index (Phi) is 5.64. The second-order valence-electron chi connectivity index (χ2n) is 4.98. The molecule has 0 radical (unpaired) electrons. The lowest BCUT2D eigenvalue weighted by Crippen LogP contribution is -2.40. The summed E-state index contributed by atoms with van der Waals surface area (Å²) < 4.78 is 5.35. The maximum atomic E-state index is 12.4. The Bertz CT molecular complexity index is 514. The SMILES string of the molecule is CC(Sc1ccccc1C(=O)NC1CCCOC1)C(=O)O. The van der Waals surface area contributed by atoms with Crippen LogP contribution in [0.3, 0.4) is 0 Å². The van der Waals surface area contributed by atoms with Gasteiger partial charge in [-0.15, -0.1) is 11.8 Å². The summed E-state index contributed by atoms with van der Waals surface area (Å²) in [7, 11) is 0. The van der Waals surface area contributed by atoms with Crippen LogP contribution >= 0.6 is 11.8 Å². The summed E-state index contributed by atoms with van der Waals surface area (Å²) in [5, 5.41) is 11.3. The number of carbonyl (C=O) groups excluding carboxylic acids is 1. The van der Waals surface area contributed by atoms with Crippen molar-refractivity contribution in [3.8, 4) is 0 Å². The van der Waals surface area contributed by atoms with Crippen molar-refractivity contribution in [2.45, 2.75) is 36.0 Å². The summed E-state index contributed by atoms with van der Waals surface area (Å²) in [5.74, 6) is -1.07. The van der Waals surface area contributed by atoms with Crippen LogP contribution in [0.15, 0.2) is 29.2 Å². The molecule has 5 nitrogen and oxygen atoms in total. The molecule has 2 rings (SSSR count). The minimum absolute atomic E-state index is 0.0289. The number of carbonyl (C=O) groups is 2. The quantitative estimate of drug-likeness (QED) is 0.815. The predicted octanol–water partition coefficient (Wildman–Crippen LogP) is 2.16. The fraction of sp³-hybridized carbons (Fsp3) is 0.467. The van der Waals surface area contributed by atoms with E-state index >= 15 is 0 Å². The summed E-state index contributed by atoms with van der Waals surface area (Å²) in [6.45, 7) is 2.89. The molecule has 0 spiro atoms. The summed E-state index contributed by atoms with van der Waals surface area (Å²) in [6.07, 6.45) is 1.85. The molecule has 21 heavy (non-hydrogen) atoms. The Morgan fingerprint density at radius 3 is 2.86 bits per heavy atom. The second-order valence-corrected chi connectivity index (χ2v) is 6.36. The van der Waals surface area contributed by atoms with Gasteiger partial charge in [-0.1, -0.05) is 12.1 Å². The molecule has 0 aliphatic carbocycles. The third-order valence-corrected chi connectivity index (χ3v) is 4.44. The first-order chi connectivity index (χ1) is 10.1. The number of aliphatic carboxylic acids is 1. The van der Waals surface area contributed by atoms with Crippen molar-refractivity contribution in [3.63, 3.8) is 0 Å². The fourth-order valence-electron chi connectivity index (χ4n) is 2.12. The number of nitrogens with one attached hydrogen (secondary N) is 1. The van der Waals surface area contributed by atoms with E-state index in [0.29, 0.717) is 17.1 Å². The molecule has 1 amide bonds. The zero-order chi connectivity index (χ0) is 15.2. The summed E-state index contributed by atoms with van der Waals surface area (Å²) in [6, 6.07) is 7.10. The van der Waals surface area contributed by atoms with Gasteiger partial charge in [-0.05, 0) is 31.9 Å². The highest BCUT2D eigenvalue weighted by Gasteiger charge is 2.21. The lowest BCUT2D eigenvalue weighted by Gasteiger charge is -2.23. The van der Waals surface area contributed by atoms with Crippen molar-refractivity contribution in [2.24, 2.45) is 0 Å². The van der Waals surface area contributed by atoms with E-state index in [1.54, 1.807) is 31.2 Å². The molecular formula is C15H19NO4S. The highest BCUT2D eigenvalue weighted by Crippen LogP contribution is 2.27. The Morgan fingerprint density at radius 2 is 2.19 bits per heavy atom. The first kappa shape index (κ1) is 15.9. The fourth-order valence-corrected chi connectivity index (χ4v) is 3.04. The van der Waals surface area contributed by atoms with Crippen molar-refractivity contribution in [2.75, 3.05) is 13.2 Å². The van der Waals surface area contributed by atoms with Gasteiger partial charge in [0.1, 0.15) is 5.25 Å². The first-order valence-corrected chi connectivity index (χ1v) is 7.83. The van der Waals surface area contributed by atoms with E-state index in [1.165, 1.54) is 11.8 Å². The molecule has 1 saturated heterocycles. The molecule has 2 atom stereocenters. The van der Waals surface area contributed by atoms with Gasteiger partial charge in [0.15, 0.2) is 0 Å². The van der Waals surface area contributed by atoms with Crippen LogP contribution in [0.1, 0.15) is 30.1 Å². The van der Waals surface area contributed by atoms with E-state index in [4.69, 9.17) is 9.84 Å². The number of hydrogen-bond donors (Lipinski definition) is 2. The van der Waals surface area contributed by atoms with Gasteiger partial charge in [0.25, 0.3) is 5.91 Å². The number of carboxylic acids is 1. The van der Waals surface area contributed by atoms with Crippen molar-refractivity contribution in [3.05, 3.63) is 29.8 Å². The number of carboxylic acid groups (broad SMARTS) is 1. The highest BCUT2D eigenvalue weighted by atomic mass is 32.2. The van der Waals surface area contributed by atoms with Crippen LogP contribution in [-0.4, -0.2) is 41.5 Å². The molecule has 0 saturated carbocycles. The molecule has 1 heterocycles. The standard InChI is InChI=1S/C15H19NO4S/c1-10(15(18)19)21-13-7-3-2-6-12(13)14(17)16-11-5-4-8-20-9-11/h2-3,6-7,10-11H,4-5,8-9H2,1H3,(H,16,17)(H,18,19). The largest absolute Gasteiger partial charge is 0.480 e. The number of rotatable bonds is 5. The third-order valence-electron chi connectivity index (χ3n) is 3.28. The van der Waals surface area contributed by atoms with Gasteiger partial charge in [0, 0.05) is 11.5 Å². The molecule has 114 valence electrons. The third kappa shape index (κ3) is 4.47. The molecule has 1 aliphatic heterocycles. The molecule has 1 aromatic carbocycles. The van der Waals surface area contributed by atoms with E-state index in [9.17, 15) is 9.59 Å². The maximum Gasteiger partial charge on any atom is 0.316 e. The number of hydrogen-bond acceptors (Lipinski definition) is 4. The second kappa shape index (κ2) is 7.47. The van der Waals surface area contributed by atoms with Gasteiger partial charge >= 0.3 is 5.97 Å². The molecule has 1 aromatic rings. The zero-order valence-corrected chi connectivity index (χ0v) is 12.7. The summed E-state index contributed by atoms with van der Waals surface area (Å²) in [5.41, 5.74) is 0.515. The Hall–Kier alpha value is -1.53. The van der Waals surface area contributed by atoms with Gasteiger partial charge in [0.05, 0.1) is 18.2 Å². The van der Waals surface area contributed by atoms with Crippen molar-refractivity contribution >= 4 is 23.6 Å². The van der Waals surface area contributed by atoms with E-state index in [1.807, 2.05) is 0 Å². The van der Waals surface area contributed by atoms with Crippen LogP contribution in [-0.2, 0) is 9.53 Å². The monoisotopic (exact) mass is 309 g/mol. The van der Waals surface area contributed by atoms with Gasteiger partial charge in [0.2, 0.25) is 0 Å². The minimum atomic E-state index is -0.893. The molecule has 1 fully saturated rings. The molecule has 2 N–H and O–H groups in total. The van der Waals surface area contributed by atoms with Crippen LogP contribution in [0.25, 0.3) is 0 Å². The molecule has 2 unspecified atom stereocenters. The molecule has 0 bridgehead atoms. The van der Waals surface area contributed by atoms with Gasteiger partial charge in [-0.3, -0.25) is 9.59 Å². The first-order valence-electron chi connectivity index (χ1n) is 6.95. The average Bonchev–Trinajstić information content (AvgIpc) is 2.48. The minimum Gasteiger partial charge on any atom is -0.480 e. The zero-order valence-electron chi connectivity index (χ0n) is 11.9. The van der Waals surface area contributed by atoms with Crippen LogP contribution in [0.2, 0.25) is 0 Å². The smallest absolute Gasteiger partial charge is 0.316 e. The van der Waals surface area contributed by atoms with Crippen molar-refractivity contribution in [1.29, 1.82) is 0 Å². The lowest BCUT2D eigenvalue weighted by molar-refractivity contribution is -0.136. The Labute approximate surface area is 128 Å². The number of thioether (sulfide) groups is 1. The van der Waals surface area contributed by atoms with Crippen LogP contribution in [0.4, 0.5) is 0 Å². The van der Waals surface area contributed by atoms with Crippen molar-refractivity contribution < 1.29 is 19.4 Å². The van der Waals surface area contributed by atoms with Gasteiger partial charge < -0.3 is 15.2 Å². The summed E-state index contributed by atoms with van der Waals surface area (Å²) in [4.78, 5) is 24.0. The van der Waals surface area contributed by atoms with Gasteiger partial charge in [-0.25, -0.2) is 0 Å². The lowest BCUT2D eigenvalue weighted by atomic mass is 10.1. The maximum absolute atomic E-state index is 12.4. The van der Waals surface area contributed by atoms with Crippen molar-refractivity contribution in [1.82, 2.24) is 5.32 Å². The topological polar surface area (TPSA) is 75.6 Å². The number of ether oxygens (including phenoxy) is 1. The van der Waals surface area contributed by atoms with Crippen LogP contribution < -0.4 is 5.32 Å². The Morgan fingerprint density at radius 1 is 1.43 bits per heavy atom. The summed E-state index contributed by atoms with van der Waals surface area (Å²) >= 11 is 1.18. The van der Waals surface area contributed by atoms with E-state index < -0.39 is 11.2 Å². The van der Waals surface area contributed by atoms with Crippen LogP contribution in [0, 0.1) is 0 Å². The Balaban J connectivity index is 2.07. The number of benzene rings is 1. The average molecular weight is 309 g/mol. The molecule has 0 aromatic heterocycles. The van der Waals surface area contributed by atoms with E-state index in [-0.39, 0.29) is 11.9 Å². The molecule has 1 aliphatic rings. The molecule has 6 heteroatoms. The molecular weight excluding hydrogens is 290 g/mol. The van der Waals surface area contributed by atoms with Gasteiger partial charge in [-0.2, -0.15) is 0 Å².